The van der Waals surface area contributed by atoms with Crippen LogP contribution in [0.2, 0.25) is 0 Å². The second-order valence-electron chi connectivity index (χ2n) is 6.69. The SMILES string of the molecule is N=C(ON)C1CCOCC1.NC1N=C(c2ccccc2)c2ccccc2NC1=O. The molecule has 29 heavy (non-hydrogen) atoms. The van der Waals surface area contributed by atoms with Crippen molar-refractivity contribution in [3.05, 3.63) is 65.7 Å². The molecular weight excluding hydrogens is 370 g/mol. The fraction of sp³-hybridized carbons (Fsp3) is 0.286. The van der Waals surface area contributed by atoms with Crippen molar-refractivity contribution in [1.29, 1.82) is 5.41 Å². The van der Waals surface area contributed by atoms with Crippen molar-refractivity contribution in [3.63, 3.8) is 0 Å². The number of hydrogen-bond acceptors (Lipinski definition) is 7. The third-order valence-corrected chi connectivity index (χ3v) is 4.74. The van der Waals surface area contributed by atoms with E-state index < -0.39 is 6.17 Å². The number of fused-ring (bicyclic) bond motifs is 1. The van der Waals surface area contributed by atoms with Crippen molar-refractivity contribution in [2.45, 2.75) is 19.0 Å². The molecule has 0 bridgehead atoms. The Balaban J connectivity index is 0.000000204. The molecule has 1 unspecified atom stereocenters. The van der Waals surface area contributed by atoms with Crippen molar-refractivity contribution in [2.24, 2.45) is 22.5 Å². The van der Waals surface area contributed by atoms with Crippen LogP contribution in [0.15, 0.2) is 59.6 Å². The standard InChI is InChI=1S/C15H13N3O.C6H12N2O2/c16-14-15(19)17-12-9-5-4-8-11(12)13(18-14)10-6-2-1-3-7-10;7-6(10-8)5-1-3-9-4-2-5/h1-9,14H,16H2,(H,17,19);5,7H,1-4,8H2. The fourth-order valence-electron chi connectivity index (χ4n) is 3.15. The first kappa shape index (κ1) is 20.7. The second kappa shape index (κ2) is 9.92. The number of ether oxygens (including phenoxy) is 1. The third-order valence-electron chi connectivity index (χ3n) is 4.74. The zero-order valence-corrected chi connectivity index (χ0v) is 16.0. The zero-order chi connectivity index (χ0) is 20.6. The highest BCUT2D eigenvalue weighted by Gasteiger charge is 2.22. The smallest absolute Gasteiger partial charge is 0.263 e. The molecule has 152 valence electrons. The van der Waals surface area contributed by atoms with Gasteiger partial charge < -0.3 is 20.6 Å². The molecule has 0 aromatic heterocycles. The Morgan fingerprint density at radius 2 is 1.76 bits per heavy atom. The molecule has 1 saturated heterocycles. The number of nitrogens with zero attached hydrogens (tertiary/aromatic N) is 1. The minimum absolute atomic E-state index is 0.179. The van der Waals surface area contributed by atoms with Crippen LogP contribution in [-0.4, -0.2) is 36.9 Å². The van der Waals surface area contributed by atoms with E-state index in [0.29, 0.717) is 0 Å². The number of carbonyl (C=O) groups is 1. The number of rotatable bonds is 2. The topological polar surface area (TPSA) is 136 Å². The Labute approximate surface area is 169 Å². The number of benzodiazepines with no additional fused rings is 1. The van der Waals surface area contributed by atoms with Gasteiger partial charge in [0.1, 0.15) is 0 Å². The van der Waals surface area contributed by atoms with Crippen LogP contribution in [0.25, 0.3) is 0 Å². The van der Waals surface area contributed by atoms with Crippen LogP contribution in [0, 0.1) is 11.3 Å². The molecule has 2 aromatic carbocycles. The molecule has 8 nitrogen and oxygen atoms in total. The molecule has 2 aliphatic rings. The zero-order valence-electron chi connectivity index (χ0n) is 16.0. The highest BCUT2D eigenvalue weighted by Crippen LogP contribution is 2.23. The molecule has 0 radical (unpaired) electrons. The van der Waals surface area contributed by atoms with E-state index in [1.807, 2.05) is 54.6 Å². The van der Waals surface area contributed by atoms with Crippen LogP contribution in [0.5, 0.6) is 0 Å². The number of para-hydroxylation sites is 1. The maximum atomic E-state index is 11.8. The van der Waals surface area contributed by atoms with E-state index in [-0.39, 0.29) is 17.7 Å². The van der Waals surface area contributed by atoms with Gasteiger partial charge in [-0.15, -0.1) is 0 Å². The molecule has 0 spiro atoms. The summed E-state index contributed by atoms with van der Waals surface area (Å²) in [5.41, 5.74) is 9.09. The van der Waals surface area contributed by atoms with Crippen LogP contribution in [0.3, 0.4) is 0 Å². The lowest BCUT2D eigenvalue weighted by Crippen LogP contribution is -2.33. The van der Waals surface area contributed by atoms with Crippen molar-refractivity contribution in [2.75, 3.05) is 18.5 Å². The lowest BCUT2D eigenvalue weighted by Gasteiger charge is -2.20. The summed E-state index contributed by atoms with van der Waals surface area (Å²) >= 11 is 0. The summed E-state index contributed by atoms with van der Waals surface area (Å²) in [6.45, 7) is 1.44. The van der Waals surface area contributed by atoms with Gasteiger partial charge in [0.15, 0.2) is 6.17 Å². The molecule has 1 amide bonds. The maximum absolute atomic E-state index is 11.8. The molecule has 2 aliphatic heterocycles. The average molecular weight is 395 g/mol. The number of aliphatic imine (C=N–C) groups is 1. The number of benzene rings is 2. The predicted octanol–water partition coefficient (Wildman–Crippen LogP) is 2.04. The number of nitrogens with one attached hydrogen (secondary N) is 2. The lowest BCUT2D eigenvalue weighted by molar-refractivity contribution is -0.117. The first-order valence-electron chi connectivity index (χ1n) is 9.42. The number of hydrogen-bond donors (Lipinski definition) is 4. The predicted molar refractivity (Wildman–Crippen MR) is 112 cm³/mol. The van der Waals surface area contributed by atoms with Gasteiger partial charge >= 0.3 is 0 Å². The molecule has 2 aromatic rings. The molecule has 6 N–H and O–H groups in total. The molecule has 1 fully saturated rings. The summed E-state index contributed by atoms with van der Waals surface area (Å²) in [5, 5.41) is 10.0. The van der Waals surface area contributed by atoms with Gasteiger partial charge in [-0.2, -0.15) is 5.90 Å². The minimum Gasteiger partial charge on any atom is -0.396 e. The van der Waals surface area contributed by atoms with Gasteiger partial charge in [-0.3, -0.25) is 15.2 Å². The number of carbonyl (C=O) groups excluding carboxylic acids is 1. The molecule has 2 heterocycles. The quantitative estimate of drug-likeness (QED) is 0.350. The Kier molecular flexibility index (Phi) is 7.07. The summed E-state index contributed by atoms with van der Waals surface area (Å²) < 4.78 is 5.10. The van der Waals surface area contributed by atoms with Gasteiger partial charge in [0.25, 0.3) is 5.91 Å². The summed E-state index contributed by atoms with van der Waals surface area (Å²) in [6.07, 6.45) is 0.828. The Hall–Kier alpha value is -3.07. The van der Waals surface area contributed by atoms with Crippen LogP contribution in [0.4, 0.5) is 5.69 Å². The van der Waals surface area contributed by atoms with E-state index in [1.54, 1.807) is 0 Å². The first-order chi connectivity index (χ1) is 14.1. The van der Waals surface area contributed by atoms with Gasteiger partial charge in [-0.25, -0.2) is 0 Å². The number of anilines is 1. The first-order valence-corrected chi connectivity index (χ1v) is 9.42. The van der Waals surface area contributed by atoms with Gasteiger partial charge in [0.2, 0.25) is 5.90 Å². The highest BCUT2D eigenvalue weighted by molar-refractivity contribution is 6.19. The van der Waals surface area contributed by atoms with Crippen molar-refractivity contribution in [1.82, 2.24) is 0 Å². The van der Waals surface area contributed by atoms with E-state index in [0.717, 1.165) is 48.6 Å². The third kappa shape index (κ3) is 5.26. The van der Waals surface area contributed by atoms with Crippen molar-refractivity contribution >= 4 is 23.2 Å². The largest absolute Gasteiger partial charge is 0.396 e. The van der Waals surface area contributed by atoms with E-state index in [9.17, 15) is 4.79 Å². The normalized spacial score (nSPS) is 18.9. The van der Waals surface area contributed by atoms with Crippen LogP contribution >= 0.6 is 0 Å². The molecule has 4 rings (SSSR count). The van der Waals surface area contributed by atoms with Gasteiger partial charge in [0, 0.05) is 30.3 Å². The molecule has 8 heteroatoms. The van der Waals surface area contributed by atoms with Gasteiger partial charge in [-0.1, -0.05) is 48.5 Å². The summed E-state index contributed by atoms with van der Waals surface area (Å²) in [4.78, 5) is 20.5. The van der Waals surface area contributed by atoms with Gasteiger partial charge in [-0.05, 0) is 18.9 Å². The lowest BCUT2D eigenvalue weighted by atomic mass is 10.0. The second-order valence-corrected chi connectivity index (χ2v) is 6.69. The summed E-state index contributed by atoms with van der Waals surface area (Å²) in [6, 6.07) is 17.3. The molecule has 0 aliphatic carbocycles. The Morgan fingerprint density at radius 3 is 2.45 bits per heavy atom. The van der Waals surface area contributed by atoms with Crippen molar-refractivity contribution < 1.29 is 14.4 Å². The van der Waals surface area contributed by atoms with Crippen molar-refractivity contribution in [3.8, 4) is 0 Å². The van der Waals surface area contributed by atoms with E-state index in [4.69, 9.17) is 21.8 Å². The maximum Gasteiger partial charge on any atom is 0.263 e. The highest BCUT2D eigenvalue weighted by atomic mass is 16.6. The molecular formula is C21H25N5O3. The number of amides is 1. The monoisotopic (exact) mass is 395 g/mol. The van der Waals surface area contributed by atoms with Gasteiger partial charge in [0.05, 0.1) is 11.4 Å². The van der Waals surface area contributed by atoms with E-state index in [2.05, 4.69) is 15.1 Å². The van der Waals surface area contributed by atoms with Crippen LogP contribution in [0.1, 0.15) is 24.0 Å². The molecule has 1 atom stereocenters. The van der Waals surface area contributed by atoms with E-state index in [1.165, 1.54) is 0 Å². The van der Waals surface area contributed by atoms with Crippen LogP contribution < -0.4 is 16.9 Å². The number of nitrogens with two attached hydrogens (primary N) is 2. The van der Waals surface area contributed by atoms with Crippen LogP contribution in [-0.2, 0) is 14.4 Å². The summed E-state index contributed by atoms with van der Waals surface area (Å²) in [7, 11) is 0. The Morgan fingerprint density at radius 1 is 1.10 bits per heavy atom. The van der Waals surface area contributed by atoms with E-state index >= 15 is 0 Å². The Bertz CT molecular complexity index is 879. The molecule has 0 saturated carbocycles. The summed E-state index contributed by atoms with van der Waals surface area (Å²) in [5.74, 6) is 4.91. The minimum atomic E-state index is -0.886. The average Bonchev–Trinajstić information content (AvgIpc) is 2.91. The fourth-order valence-corrected chi connectivity index (χ4v) is 3.15.